The van der Waals surface area contributed by atoms with Crippen molar-refractivity contribution < 1.29 is 4.79 Å². The van der Waals surface area contributed by atoms with E-state index >= 15 is 0 Å². The maximum absolute atomic E-state index is 12.0. The van der Waals surface area contributed by atoms with E-state index in [-0.39, 0.29) is 23.3 Å². The number of nitrogens with zero attached hydrogens (tertiary/aromatic N) is 1. The second kappa shape index (κ2) is 5.93. The van der Waals surface area contributed by atoms with Crippen molar-refractivity contribution in [2.45, 2.75) is 45.7 Å². The summed E-state index contributed by atoms with van der Waals surface area (Å²) in [7, 11) is 0. The quantitative estimate of drug-likeness (QED) is 0.738. The Bertz CT molecular complexity index is 496. The van der Waals surface area contributed by atoms with Crippen LogP contribution in [-0.2, 0) is 0 Å². The number of nitrogen functional groups attached to an aromatic ring is 1. The zero-order valence-electron chi connectivity index (χ0n) is 11.7. The number of nitrogens with two attached hydrogens (primary N) is 1. The van der Waals surface area contributed by atoms with E-state index in [9.17, 15) is 4.79 Å². The molecule has 1 aromatic rings. The highest BCUT2D eigenvalue weighted by Gasteiger charge is 2.19. The number of amides is 1. The SMILES string of the molecule is C#CCC(C)NC(=O)c1sc(NC(C)(C)C)nc1N. The largest absolute Gasteiger partial charge is 0.382 e. The first-order chi connectivity index (χ1) is 8.73. The topological polar surface area (TPSA) is 80.0 Å². The predicted molar refractivity (Wildman–Crippen MR) is 80.3 cm³/mol. The molecular weight excluding hydrogens is 260 g/mol. The molecule has 4 N–H and O–H groups in total. The van der Waals surface area contributed by atoms with E-state index in [2.05, 4.69) is 21.5 Å². The molecule has 1 heterocycles. The normalized spacial score (nSPS) is 12.6. The van der Waals surface area contributed by atoms with Crippen LogP contribution in [0.25, 0.3) is 0 Å². The lowest BCUT2D eigenvalue weighted by atomic mass is 10.1. The molecule has 0 radical (unpaired) electrons. The first kappa shape index (κ1) is 15.3. The number of rotatable bonds is 4. The minimum atomic E-state index is -0.236. The van der Waals surface area contributed by atoms with Crippen LogP contribution in [-0.4, -0.2) is 22.5 Å². The number of carbonyl (C=O) groups excluding carboxylic acids is 1. The summed E-state index contributed by atoms with van der Waals surface area (Å²) in [5.74, 6) is 2.51. The number of terminal acetylenes is 1. The zero-order chi connectivity index (χ0) is 14.6. The van der Waals surface area contributed by atoms with Gasteiger partial charge < -0.3 is 16.4 Å². The lowest BCUT2D eigenvalue weighted by Gasteiger charge is -2.19. The van der Waals surface area contributed by atoms with Crippen LogP contribution < -0.4 is 16.4 Å². The minimum absolute atomic E-state index is 0.0852. The van der Waals surface area contributed by atoms with Gasteiger partial charge in [0.1, 0.15) is 10.7 Å². The molecule has 0 saturated carbocycles. The van der Waals surface area contributed by atoms with Gasteiger partial charge in [-0.25, -0.2) is 4.98 Å². The van der Waals surface area contributed by atoms with Gasteiger partial charge in [0.15, 0.2) is 5.13 Å². The van der Waals surface area contributed by atoms with Crippen molar-refractivity contribution in [2.24, 2.45) is 0 Å². The predicted octanol–water partition coefficient (Wildman–Crippen LogP) is 2.08. The van der Waals surface area contributed by atoms with Crippen LogP contribution in [0, 0.1) is 12.3 Å². The minimum Gasteiger partial charge on any atom is -0.382 e. The maximum atomic E-state index is 12.0. The molecule has 0 aromatic carbocycles. The van der Waals surface area contributed by atoms with Crippen molar-refractivity contribution in [3.05, 3.63) is 4.88 Å². The van der Waals surface area contributed by atoms with Crippen LogP contribution in [0.4, 0.5) is 10.9 Å². The second-order valence-corrected chi connectivity index (χ2v) is 6.39. The van der Waals surface area contributed by atoms with Gasteiger partial charge in [-0.15, -0.1) is 12.3 Å². The van der Waals surface area contributed by atoms with Crippen molar-refractivity contribution in [2.75, 3.05) is 11.1 Å². The van der Waals surface area contributed by atoms with Crippen LogP contribution in [0.15, 0.2) is 0 Å². The number of thiazole rings is 1. The number of carbonyl (C=O) groups is 1. The van der Waals surface area contributed by atoms with Gasteiger partial charge in [-0.05, 0) is 27.7 Å². The maximum Gasteiger partial charge on any atom is 0.265 e. The van der Waals surface area contributed by atoms with Crippen molar-refractivity contribution in [3.63, 3.8) is 0 Å². The third-order valence-electron chi connectivity index (χ3n) is 2.14. The van der Waals surface area contributed by atoms with E-state index in [1.807, 2.05) is 27.7 Å². The average molecular weight is 280 g/mol. The first-order valence-corrected chi connectivity index (χ1v) is 6.83. The van der Waals surface area contributed by atoms with Crippen molar-refractivity contribution in [1.82, 2.24) is 10.3 Å². The summed E-state index contributed by atoms with van der Waals surface area (Å²) in [5, 5.41) is 6.62. The molecule has 1 aromatic heterocycles. The number of hydrogen-bond donors (Lipinski definition) is 3. The summed E-state index contributed by atoms with van der Waals surface area (Å²) < 4.78 is 0. The Labute approximate surface area is 118 Å². The lowest BCUT2D eigenvalue weighted by Crippen LogP contribution is -2.32. The smallest absolute Gasteiger partial charge is 0.265 e. The van der Waals surface area contributed by atoms with E-state index in [0.717, 1.165) is 0 Å². The van der Waals surface area contributed by atoms with E-state index in [4.69, 9.17) is 12.2 Å². The Hall–Kier alpha value is -1.74. The van der Waals surface area contributed by atoms with Gasteiger partial charge in [0.05, 0.1) is 0 Å². The molecule has 1 unspecified atom stereocenters. The van der Waals surface area contributed by atoms with Gasteiger partial charge in [0.2, 0.25) is 0 Å². The molecule has 0 aliphatic carbocycles. The Kier molecular flexibility index (Phi) is 4.78. The van der Waals surface area contributed by atoms with Crippen molar-refractivity contribution in [3.8, 4) is 12.3 Å². The van der Waals surface area contributed by atoms with Crippen molar-refractivity contribution >= 4 is 28.2 Å². The fourth-order valence-electron chi connectivity index (χ4n) is 1.39. The number of anilines is 2. The van der Waals surface area contributed by atoms with Crippen LogP contribution >= 0.6 is 11.3 Å². The Morgan fingerprint density at radius 1 is 1.58 bits per heavy atom. The summed E-state index contributed by atoms with van der Waals surface area (Å²) in [6.07, 6.45) is 5.69. The summed E-state index contributed by atoms with van der Waals surface area (Å²) in [4.78, 5) is 16.6. The van der Waals surface area contributed by atoms with E-state index in [1.165, 1.54) is 11.3 Å². The molecule has 0 spiro atoms. The molecule has 5 nitrogen and oxygen atoms in total. The van der Waals surface area contributed by atoms with Crippen LogP contribution in [0.3, 0.4) is 0 Å². The van der Waals surface area contributed by atoms with Gasteiger partial charge in [-0.3, -0.25) is 4.79 Å². The summed E-state index contributed by atoms with van der Waals surface area (Å²) in [5.41, 5.74) is 5.64. The number of nitrogens with one attached hydrogen (secondary N) is 2. The average Bonchev–Trinajstić information content (AvgIpc) is 2.56. The molecule has 19 heavy (non-hydrogen) atoms. The van der Waals surface area contributed by atoms with Crippen LogP contribution in [0.2, 0.25) is 0 Å². The van der Waals surface area contributed by atoms with Gasteiger partial charge in [-0.1, -0.05) is 11.3 Å². The fraction of sp³-hybridized carbons (Fsp3) is 0.538. The molecule has 0 saturated heterocycles. The highest BCUT2D eigenvalue weighted by atomic mass is 32.1. The Morgan fingerprint density at radius 2 is 2.21 bits per heavy atom. The van der Waals surface area contributed by atoms with Crippen LogP contribution in [0.5, 0.6) is 0 Å². The molecule has 0 aliphatic heterocycles. The third-order valence-corrected chi connectivity index (χ3v) is 3.13. The third kappa shape index (κ3) is 4.79. The first-order valence-electron chi connectivity index (χ1n) is 6.01. The van der Waals surface area contributed by atoms with Gasteiger partial charge in [0, 0.05) is 18.0 Å². The monoisotopic (exact) mass is 280 g/mol. The van der Waals surface area contributed by atoms with E-state index < -0.39 is 0 Å². The van der Waals surface area contributed by atoms with E-state index in [1.54, 1.807) is 0 Å². The molecule has 0 bridgehead atoms. The number of hydrogen-bond acceptors (Lipinski definition) is 5. The summed E-state index contributed by atoms with van der Waals surface area (Å²) in [6, 6.07) is -0.0852. The molecule has 1 amide bonds. The standard InChI is InChI=1S/C13H20N4OS/c1-6-7-8(2)15-11(18)9-10(14)16-12(19-9)17-13(3,4)5/h1,8H,7,14H2,2-5H3,(H,15,18)(H,16,17). The summed E-state index contributed by atoms with van der Waals surface area (Å²) >= 11 is 1.24. The highest BCUT2D eigenvalue weighted by Crippen LogP contribution is 2.27. The molecule has 0 aliphatic rings. The molecule has 6 heteroatoms. The fourth-order valence-corrected chi connectivity index (χ4v) is 2.38. The van der Waals surface area contributed by atoms with Crippen molar-refractivity contribution in [1.29, 1.82) is 0 Å². The molecule has 1 atom stereocenters. The van der Waals surface area contributed by atoms with Crippen LogP contribution in [0.1, 0.15) is 43.8 Å². The number of aromatic nitrogens is 1. The van der Waals surface area contributed by atoms with E-state index in [0.29, 0.717) is 16.4 Å². The second-order valence-electron chi connectivity index (χ2n) is 5.39. The highest BCUT2D eigenvalue weighted by molar-refractivity contribution is 7.18. The van der Waals surface area contributed by atoms with Gasteiger partial charge >= 0.3 is 0 Å². The Morgan fingerprint density at radius 3 is 2.74 bits per heavy atom. The Balaban J connectivity index is 2.79. The molecular formula is C13H20N4OS. The molecule has 0 fully saturated rings. The molecule has 1 rings (SSSR count). The molecule has 104 valence electrons. The lowest BCUT2D eigenvalue weighted by molar-refractivity contribution is 0.0945. The zero-order valence-corrected chi connectivity index (χ0v) is 12.5. The van der Waals surface area contributed by atoms with Gasteiger partial charge in [-0.2, -0.15) is 0 Å². The van der Waals surface area contributed by atoms with Gasteiger partial charge in [0.25, 0.3) is 5.91 Å². The summed E-state index contributed by atoms with van der Waals surface area (Å²) in [6.45, 7) is 7.89.